The third kappa shape index (κ3) is 2.46. The van der Waals surface area contributed by atoms with Crippen LogP contribution in [0.2, 0.25) is 0 Å². The molecule has 1 aliphatic heterocycles. The van der Waals surface area contributed by atoms with Gasteiger partial charge in [-0.25, -0.2) is 4.98 Å². The molecule has 0 aliphatic carbocycles. The minimum atomic E-state index is -0.315. The molecule has 1 aromatic rings. The highest BCUT2D eigenvalue weighted by Crippen LogP contribution is 2.27. The lowest BCUT2D eigenvalue weighted by molar-refractivity contribution is -0.00624. The molecule has 1 saturated heterocycles. The van der Waals surface area contributed by atoms with E-state index in [1.807, 2.05) is 0 Å². The van der Waals surface area contributed by atoms with Crippen LogP contribution in [0.25, 0.3) is 0 Å². The standard InChI is InChI=1S/C11H18N4O3/c1-16-10-8(12)9(14-7-15-10)13-5-11(17-2)3-4-18-6-11/h7H,3-6,12H2,1-2H3,(H,13,14,15). The molecule has 7 nitrogen and oxygen atoms in total. The zero-order chi connectivity index (χ0) is 13.0. The van der Waals surface area contributed by atoms with Crippen LogP contribution in [0.15, 0.2) is 6.33 Å². The van der Waals surface area contributed by atoms with Gasteiger partial charge in [-0.15, -0.1) is 0 Å². The fourth-order valence-corrected chi connectivity index (χ4v) is 1.89. The summed E-state index contributed by atoms with van der Waals surface area (Å²) in [7, 11) is 3.20. The van der Waals surface area contributed by atoms with Crippen LogP contribution in [0.5, 0.6) is 5.88 Å². The van der Waals surface area contributed by atoms with Crippen molar-refractivity contribution >= 4 is 11.5 Å². The van der Waals surface area contributed by atoms with Crippen molar-refractivity contribution in [2.45, 2.75) is 12.0 Å². The van der Waals surface area contributed by atoms with Gasteiger partial charge in [0.15, 0.2) is 5.82 Å². The summed E-state index contributed by atoms with van der Waals surface area (Å²) in [5.41, 5.74) is 5.96. The molecule has 18 heavy (non-hydrogen) atoms. The van der Waals surface area contributed by atoms with Gasteiger partial charge in [0, 0.05) is 26.7 Å². The van der Waals surface area contributed by atoms with Crippen molar-refractivity contribution in [2.24, 2.45) is 0 Å². The first kappa shape index (κ1) is 12.8. The van der Waals surface area contributed by atoms with Crippen molar-refractivity contribution in [1.82, 2.24) is 9.97 Å². The number of nitrogens with two attached hydrogens (primary N) is 1. The minimum Gasteiger partial charge on any atom is -0.479 e. The van der Waals surface area contributed by atoms with E-state index in [-0.39, 0.29) is 5.60 Å². The zero-order valence-electron chi connectivity index (χ0n) is 10.6. The molecule has 0 radical (unpaired) electrons. The number of nitrogens with one attached hydrogen (secondary N) is 1. The fraction of sp³-hybridized carbons (Fsp3) is 0.636. The SMILES string of the molecule is COc1ncnc(NCC2(OC)CCOC2)c1N. The monoisotopic (exact) mass is 254 g/mol. The fourth-order valence-electron chi connectivity index (χ4n) is 1.89. The summed E-state index contributed by atoms with van der Waals surface area (Å²) >= 11 is 0. The Bertz CT molecular complexity index is 407. The first-order valence-corrected chi connectivity index (χ1v) is 5.72. The van der Waals surface area contributed by atoms with Gasteiger partial charge < -0.3 is 25.3 Å². The van der Waals surface area contributed by atoms with E-state index < -0.39 is 0 Å². The van der Waals surface area contributed by atoms with E-state index in [2.05, 4.69) is 15.3 Å². The lowest BCUT2D eigenvalue weighted by Gasteiger charge is -2.26. The van der Waals surface area contributed by atoms with Crippen molar-refractivity contribution in [1.29, 1.82) is 0 Å². The normalized spacial score (nSPS) is 23.0. The highest BCUT2D eigenvalue weighted by Gasteiger charge is 2.35. The number of nitrogens with zero attached hydrogens (tertiary/aromatic N) is 2. The van der Waals surface area contributed by atoms with Gasteiger partial charge in [-0.05, 0) is 0 Å². The molecule has 1 fully saturated rings. The molecule has 3 N–H and O–H groups in total. The van der Waals surface area contributed by atoms with Gasteiger partial charge in [0.25, 0.3) is 0 Å². The van der Waals surface area contributed by atoms with Gasteiger partial charge in [-0.1, -0.05) is 0 Å². The molecule has 7 heteroatoms. The number of hydrogen-bond donors (Lipinski definition) is 2. The molecule has 1 atom stereocenters. The molecule has 0 spiro atoms. The van der Waals surface area contributed by atoms with Gasteiger partial charge >= 0.3 is 0 Å². The quantitative estimate of drug-likeness (QED) is 0.780. The maximum Gasteiger partial charge on any atom is 0.242 e. The van der Waals surface area contributed by atoms with Gasteiger partial charge in [-0.2, -0.15) is 4.98 Å². The number of methoxy groups -OCH3 is 2. The summed E-state index contributed by atoms with van der Waals surface area (Å²) in [6.45, 7) is 1.85. The number of nitrogen functional groups attached to an aromatic ring is 1. The smallest absolute Gasteiger partial charge is 0.242 e. The van der Waals surface area contributed by atoms with Crippen LogP contribution < -0.4 is 15.8 Å². The molecule has 0 aromatic carbocycles. The molecular weight excluding hydrogens is 236 g/mol. The second kappa shape index (κ2) is 5.36. The lowest BCUT2D eigenvalue weighted by atomic mass is 10.0. The van der Waals surface area contributed by atoms with Gasteiger partial charge in [0.05, 0.1) is 13.7 Å². The number of anilines is 2. The average Bonchev–Trinajstić information content (AvgIpc) is 2.87. The van der Waals surface area contributed by atoms with Crippen molar-refractivity contribution < 1.29 is 14.2 Å². The van der Waals surface area contributed by atoms with Gasteiger partial charge in [0.1, 0.15) is 17.6 Å². The molecule has 2 heterocycles. The van der Waals surface area contributed by atoms with Crippen molar-refractivity contribution in [3.63, 3.8) is 0 Å². The third-order valence-electron chi connectivity index (χ3n) is 3.12. The van der Waals surface area contributed by atoms with E-state index in [0.717, 1.165) is 6.42 Å². The van der Waals surface area contributed by atoms with Crippen LogP contribution in [0.1, 0.15) is 6.42 Å². The minimum absolute atomic E-state index is 0.315. The summed E-state index contributed by atoms with van der Waals surface area (Å²) in [6, 6.07) is 0. The van der Waals surface area contributed by atoms with E-state index in [0.29, 0.717) is 37.1 Å². The predicted molar refractivity (Wildman–Crippen MR) is 66.7 cm³/mol. The Labute approximate surface area is 106 Å². The first-order valence-electron chi connectivity index (χ1n) is 5.72. The Kier molecular flexibility index (Phi) is 3.83. The highest BCUT2D eigenvalue weighted by molar-refractivity contribution is 5.66. The average molecular weight is 254 g/mol. The molecule has 0 amide bonds. The van der Waals surface area contributed by atoms with Crippen LogP contribution in [0.4, 0.5) is 11.5 Å². The molecule has 0 bridgehead atoms. The molecule has 2 rings (SSSR count). The Morgan fingerprint density at radius 3 is 2.94 bits per heavy atom. The molecule has 0 saturated carbocycles. The largest absolute Gasteiger partial charge is 0.479 e. The Morgan fingerprint density at radius 2 is 2.33 bits per heavy atom. The summed E-state index contributed by atoms with van der Waals surface area (Å²) in [5.74, 6) is 0.909. The van der Waals surface area contributed by atoms with Crippen LogP contribution in [-0.2, 0) is 9.47 Å². The summed E-state index contributed by atoms with van der Waals surface area (Å²) in [4.78, 5) is 8.01. The Morgan fingerprint density at radius 1 is 1.50 bits per heavy atom. The highest BCUT2D eigenvalue weighted by atomic mass is 16.5. The van der Waals surface area contributed by atoms with Crippen molar-refractivity contribution in [2.75, 3.05) is 45.0 Å². The van der Waals surface area contributed by atoms with Gasteiger partial charge in [-0.3, -0.25) is 0 Å². The van der Waals surface area contributed by atoms with E-state index >= 15 is 0 Å². The lowest BCUT2D eigenvalue weighted by Crippen LogP contribution is -2.39. The molecular formula is C11H18N4O3. The Balaban J connectivity index is 2.05. The predicted octanol–water partition coefficient (Wildman–Crippen LogP) is 0.285. The topological polar surface area (TPSA) is 91.5 Å². The number of ether oxygens (including phenoxy) is 3. The summed E-state index contributed by atoms with van der Waals surface area (Å²) < 4.78 is 15.9. The third-order valence-corrected chi connectivity index (χ3v) is 3.12. The molecule has 1 aliphatic rings. The molecule has 1 aromatic heterocycles. The van der Waals surface area contributed by atoms with E-state index in [9.17, 15) is 0 Å². The maximum absolute atomic E-state index is 5.88. The second-order valence-corrected chi connectivity index (χ2v) is 4.19. The van der Waals surface area contributed by atoms with Crippen LogP contribution in [-0.4, -0.2) is 49.5 Å². The second-order valence-electron chi connectivity index (χ2n) is 4.19. The maximum atomic E-state index is 5.88. The summed E-state index contributed by atoms with van der Waals surface area (Å²) in [6.07, 6.45) is 2.25. The zero-order valence-corrected chi connectivity index (χ0v) is 10.6. The van der Waals surface area contributed by atoms with Crippen molar-refractivity contribution in [3.8, 4) is 5.88 Å². The van der Waals surface area contributed by atoms with E-state index in [1.54, 1.807) is 7.11 Å². The van der Waals surface area contributed by atoms with Crippen LogP contribution >= 0.6 is 0 Å². The number of hydrogen-bond acceptors (Lipinski definition) is 7. The van der Waals surface area contributed by atoms with E-state index in [4.69, 9.17) is 19.9 Å². The molecule has 100 valence electrons. The van der Waals surface area contributed by atoms with E-state index in [1.165, 1.54) is 13.4 Å². The number of aromatic nitrogens is 2. The molecule has 1 unspecified atom stereocenters. The van der Waals surface area contributed by atoms with Gasteiger partial charge in [0.2, 0.25) is 5.88 Å². The Hall–Kier alpha value is -1.60. The first-order chi connectivity index (χ1) is 8.71. The number of rotatable bonds is 5. The summed E-state index contributed by atoms with van der Waals surface area (Å²) in [5, 5.41) is 3.16. The van der Waals surface area contributed by atoms with Crippen LogP contribution in [0.3, 0.4) is 0 Å². The van der Waals surface area contributed by atoms with Crippen molar-refractivity contribution in [3.05, 3.63) is 6.33 Å². The van der Waals surface area contributed by atoms with Crippen LogP contribution in [0, 0.1) is 0 Å².